The number of hydrogen-bond donors (Lipinski definition) is 2. The molecule has 6 nitrogen and oxygen atoms in total. The van der Waals surface area contributed by atoms with E-state index in [0.29, 0.717) is 11.6 Å². The first-order chi connectivity index (χ1) is 9.60. The molecule has 0 fully saturated rings. The SMILES string of the molecule is COCc1nc(NN)cc(Oc2cc(F)cc(F)c2)n1. The molecule has 0 unspecified atom stereocenters. The summed E-state index contributed by atoms with van der Waals surface area (Å²) < 4.78 is 36.3. The minimum Gasteiger partial charge on any atom is -0.439 e. The minimum absolute atomic E-state index is 0.0208. The van der Waals surface area contributed by atoms with Crippen LogP contribution in [0, 0.1) is 11.6 Å². The van der Waals surface area contributed by atoms with Gasteiger partial charge in [-0.05, 0) is 0 Å². The molecule has 0 bridgehead atoms. The molecule has 1 aromatic heterocycles. The van der Waals surface area contributed by atoms with Gasteiger partial charge in [-0.25, -0.2) is 19.6 Å². The van der Waals surface area contributed by atoms with Crippen molar-refractivity contribution >= 4 is 5.82 Å². The molecule has 0 aliphatic heterocycles. The fraction of sp³-hybridized carbons (Fsp3) is 0.167. The van der Waals surface area contributed by atoms with Crippen LogP contribution in [0.5, 0.6) is 11.6 Å². The third-order valence-corrected chi connectivity index (χ3v) is 2.23. The van der Waals surface area contributed by atoms with E-state index in [2.05, 4.69) is 15.4 Å². The smallest absolute Gasteiger partial charge is 0.224 e. The molecule has 8 heteroatoms. The number of anilines is 1. The zero-order valence-electron chi connectivity index (χ0n) is 10.6. The molecule has 0 atom stereocenters. The van der Waals surface area contributed by atoms with Gasteiger partial charge in [-0.3, -0.25) is 0 Å². The highest BCUT2D eigenvalue weighted by molar-refractivity contribution is 5.39. The lowest BCUT2D eigenvalue weighted by Crippen LogP contribution is -2.11. The second-order valence-electron chi connectivity index (χ2n) is 3.79. The quantitative estimate of drug-likeness (QED) is 0.644. The van der Waals surface area contributed by atoms with Crippen LogP contribution in [0.15, 0.2) is 24.3 Å². The lowest BCUT2D eigenvalue weighted by atomic mass is 10.3. The number of hydrazine groups is 1. The van der Waals surface area contributed by atoms with E-state index in [0.717, 1.165) is 18.2 Å². The number of hydrogen-bond acceptors (Lipinski definition) is 6. The summed E-state index contributed by atoms with van der Waals surface area (Å²) >= 11 is 0. The normalized spacial score (nSPS) is 10.4. The molecule has 1 heterocycles. The zero-order chi connectivity index (χ0) is 14.5. The zero-order valence-corrected chi connectivity index (χ0v) is 10.6. The highest BCUT2D eigenvalue weighted by Crippen LogP contribution is 2.23. The summed E-state index contributed by atoms with van der Waals surface area (Å²) in [6.45, 7) is 0.142. The summed E-state index contributed by atoms with van der Waals surface area (Å²) in [5.74, 6) is 4.45. The molecule has 3 N–H and O–H groups in total. The Labute approximate surface area is 113 Å². The van der Waals surface area contributed by atoms with Crippen molar-refractivity contribution in [3.05, 3.63) is 41.7 Å². The van der Waals surface area contributed by atoms with Gasteiger partial charge in [0.25, 0.3) is 0 Å². The number of nitrogen functional groups attached to an aromatic ring is 1. The Morgan fingerprint density at radius 3 is 2.45 bits per heavy atom. The average Bonchev–Trinajstić information content (AvgIpc) is 2.37. The summed E-state index contributed by atoms with van der Waals surface area (Å²) in [7, 11) is 1.48. The number of rotatable bonds is 5. The van der Waals surface area contributed by atoms with Crippen LogP contribution in [-0.4, -0.2) is 17.1 Å². The van der Waals surface area contributed by atoms with E-state index in [-0.39, 0.29) is 18.2 Å². The molecule has 106 valence electrons. The van der Waals surface area contributed by atoms with E-state index < -0.39 is 11.6 Å². The molecule has 20 heavy (non-hydrogen) atoms. The van der Waals surface area contributed by atoms with E-state index in [9.17, 15) is 8.78 Å². The van der Waals surface area contributed by atoms with E-state index in [1.54, 1.807) is 0 Å². The van der Waals surface area contributed by atoms with Crippen LogP contribution in [0.3, 0.4) is 0 Å². The molecule has 0 aliphatic carbocycles. The third kappa shape index (κ3) is 3.59. The van der Waals surface area contributed by atoms with Gasteiger partial charge in [-0.15, -0.1) is 0 Å². The number of nitrogens with two attached hydrogens (primary N) is 1. The Morgan fingerprint density at radius 1 is 1.15 bits per heavy atom. The molecular formula is C12H12F2N4O2. The van der Waals surface area contributed by atoms with Crippen molar-refractivity contribution in [3.63, 3.8) is 0 Å². The standard InChI is InChI=1S/C12H12F2N4O2/c1-19-6-11-16-10(18-15)5-12(17-11)20-9-3-7(13)2-8(14)4-9/h2-5H,6,15H2,1H3,(H,16,17,18). The molecular weight excluding hydrogens is 270 g/mol. The first-order valence-corrected chi connectivity index (χ1v) is 5.58. The van der Waals surface area contributed by atoms with Crippen molar-refractivity contribution in [2.24, 2.45) is 5.84 Å². The van der Waals surface area contributed by atoms with Crippen molar-refractivity contribution in [1.29, 1.82) is 0 Å². The second kappa shape index (κ2) is 6.22. The Kier molecular flexibility index (Phi) is 4.38. The molecule has 0 spiro atoms. The van der Waals surface area contributed by atoms with Crippen molar-refractivity contribution in [1.82, 2.24) is 9.97 Å². The number of nitrogens with zero attached hydrogens (tertiary/aromatic N) is 2. The summed E-state index contributed by atoms with van der Waals surface area (Å²) in [6.07, 6.45) is 0. The minimum atomic E-state index is -0.747. The Bertz CT molecular complexity index is 590. The fourth-order valence-corrected chi connectivity index (χ4v) is 1.50. The van der Waals surface area contributed by atoms with Gasteiger partial charge in [-0.1, -0.05) is 0 Å². The highest BCUT2D eigenvalue weighted by atomic mass is 19.1. The van der Waals surface area contributed by atoms with Gasteiger partial charge in [0.1, 0.15) is 29.8 Å². The number of ether oxygens (including phenoxy) is 2. The number of methoxy groups -OCH3 is 1. The topological polar surface area (TPSA) is 82.3 Å². The molecule has 0 aliphatic rings. The summed E-state index contributed by atoms with van der Waals surface area (Å²) in [5, 5.41) is 0. The third-order valence-electron chi connectivity index (χ3n) is 2.23. The van der Waals surface area contributed by atoms with Crippen LogP contribution in [0.1, 0.15) is 5.82 Å². The van der Waals surface area contributed by atoms with Gasteiger partial charge in [-0.2, -0.15) is 4.98 Å². The van der Waals surface area contributed by atoms with E-state index >= 15 is 0 Å². The predicted octanol–water partition coefficient (Wildman–Crippen LogP) is 1.98. The second-order valence-corrected chi connectivity index (χ2v) is 3.79. The average molecular weight is 282 g/mol. The van der Waals surface area contributed by atoms with Gasteiger partial charge >= 0.3 is 0 Å². The van der Waals surface area contributed by atoms with Crippen LogP contribution < -0.4 is 16.0 Å². The Morgan fingerprint density at radius 2 is 1.85 bits per heavy atom. The summed E-state index contributed by atoms with van der Waals surface area (Å²) in [4.78, 5) is 8.04. The molecule has 0 saturated carbocycles. The molecule has 1 aromatic carbocycles. The van der Waals surface area contributed by atoms with Gasteiger partial charge in [0.15, 0.2) is 5.82 Å². The number of nitrogens with one attached hydrogen (secondary N) is 1. The number of aromatic nitrogens is 2. The van der Waals surface area contributed by atoms with Gasteiger partial charge in [0.2, 0.25) is 5.88 Å². The summed E-state index contributed by atoms with van der Waals surface area (Å²) in [6, 6.07) is 4.21. The van der Waals surface area contributed by atoms with Crippen molar-refractivity contribution in [3.8, 4) is 11.6 Å². The van der Waals surface area contributed by atoms with Gasteiger partial charge in [0.05, 0.1) is 0 Å². The van der Waals surface area contributed by atoms with Crippen LogP contribution in [0.4, 0.5) is 14.6 Å². The molecule has 0 amide bonds. The highest BCUT2D eigenvalue weighted by Gasteiger charge is 2.08. The monoisotopic (exact) mass is 282 g/mol. The molecule has 2 aromatic rings. The maximum absolute atomic E-state index is 13.1. The Balaban J connectivity index is 2.29. The van der Waals surface area contributed by atoms with Crippen molar-refractivity contribution in [2.45, 2.75) is 6.61 Å². The van der Waals surface area contributed by atoms with E-state index in [4.69, 9.17) is 15.3 Å². The van der Waals surface area contributed by atoms with Crippen molar-refractivity contribution < 1.29 is 18.3 Å². The van der Waals surface area contributed by atoms with Crippen LogP contribution in [0.2, 0.25) is 0 Å². The molecule has 0 radical (unpaired) electrons. The lowest BCUT2D eigenvalue weighted by Gasteiger charge is -2.08. The molecule has 0 saturated heterocycles. The maximum Gasteiger partial charge on any atom is 0.224 e. The first-order valence-electron chi connectivity index (χ1n) is 5.58. The van der Waals surface area contributed by atoms with Gasteiger partial charge in [0, 0.05) is 31.4 Å². The van der Waals surface area contributed by atoms with E-state index in [1.807, 2.05) is 0 Å². The molecule has 2 rings (SSSR count). The number of benzene rings is 1. The number of halogens is 2. The fourth-order valence-electron chi connectivity index (χ4n) is 1.50. The van der Waals surface area contributed by atoms with Crippen LogP contribution in [0.25, 0.3) is 0 Å². The lowest BCUT2D eigenvalue weighted by molar-refractivity contribution is 0.177. The van der Waals surface area contributed by atoms with Crippen LogP contribution in [-0.2, 0) is 11.3 Å². The summed E-state index contributed by atoms with van der Waals surface area (Å²) in [5.41, 5.74) is 2.34. The van der Waals surface area contributed by atoms with Crippen LogP contribution >= 0.6 is 0 Å². The first kappa shape index (κ1) is 14.1. The van der Waals surface area contributed by atoms with Gasteiger partial charge < -0.3 is 14.9 Å². The Hall–Kier alpha value is -2.32. The van der Waals surface area contributed by atoms with Crippen molar-refractivity contribution in [2.75, 3.05) is 12.5 Å². The van der Waals surface area contributed by atoms with E-state index in [1.165, 1.54) is 13.2 Å². The largest absolute Gasteiger partial charge is 0.439 e. The predicted molar refractivity (Wildman–Crippen MR) is 67.0 cm³/mol. The maximum atomic E-state index is 13.1.